The predicted molar refractivity (Wildman–Crippen MR) is 76.7 cm³/mol. The monoisotopic (exact) mass is 236 g/mol. The maximum absolute atomic E-state index is 2.31. The summed E-state index contributed by atoms with van der Waals surface area (Å²) < 4.78 is 1.43. The highest BCUT2D eigenvalue weighted by Gasteiger charge is 2.14. The van der Waals surface area contributed by atoms with Crippen molar-refractivity contribution in [2.24, 2.45) is 0 Å². The summed E-state index contributed by atoms with van der Waals surface area (Å²) in [6, 6.07) is 13.2. The van der Waals surface area contributed by atoms with Gasteiger partial charge in [0.15, 0.2) is 0 Å². The molecule has 0 unspecified atom stereocenters. The number of fused-ring (bicyclic) bond motifs is 5. The minimum atomic E-state index is 1.19. The summed E-state index contributed by atoms with van der Waals surface area (Å²) in [5, 5.41) is 4.20. The zero-order chi connectivity index (χ0) is 11.2. The van der Waals surface area contributed by atoms with Gasteiger partial charge in [0.1, 0.15) is 0 Å². The molecule has 0 radical (unpaired) electrons. The number of thiophene rings is 1. The van der Waals surface area contributed by atoms with E-state index < -0.39 is 0 Å². The average Bonchev–Trinajstić information content (AvgIpc) is 2.77. The smallest absolute Gasteiger partial charge is 0.0358 e. The molecule has 82 valence electrons. The van der Waals surface area contributed by atoms with E-state index in [1.807, 2.05) is 11.3 Å². The highest BCUT2D eigenvalue weighted by molar-refractivity contribution is 7.19. The van der Waals surface area contributed by atoms with Crippen LogP contribution in [0.5, 0.6) is 0 Å². The summed E-state index contributed by atoms with van der Waals surface area (Å²) in [6.07, 6.45) is 7.01. The van der Waals surface area contributed by atoms with E-state index in [4.69, 9.17) is 0 Å². The number of hydrogen-bond acceptors (Lipinski definition) is 1. The van der Waals surface area contributed by atoms with Gasteiger partial charge in [0, 0.05) is 15.0 Å². The van der Waals surface area contributed by atoms with Crippen LogP contribution in [0.3, 0.4) is 0 Å². The van der Waals surface area contributed by atoms with Crippen LogP contribution in [0.1, 0.15) is 16.9 Å². The molecule has 0 bridgehead atoms. The van der Waals surface area contributed by atoms with Gasteiger partial charge >= 0.3 is 0 Å². The van der Waals surface area contributed by atoms with Crippen molar-refractivity contribution in [3.05, 3.63) is 52.9 Å². The van der Waals surface area contributed by atoms with Gasteiger partial charge in [-0.1, -0.05) is 42.5 Å². The zero-order valence-corrected chi connectivity index (χ0v) is 10.3. The Morgan fingerprint density at radius 1 is 1.00 bits per heavy atom. The van der Waals surface area contributed by atoms with Gasteiger partial charge < -0.3 is 0 Å². The lowest BCUT2D eigenvalue weighted by atomic mass is 9.98. The van der Waals surface area contributed by atoms with Crippen LogP contribution in [-0.4, -0.2) is 0 Å². The van der Waals surface area contributed by atoms with Crippen LogP contribution in [0.15, 0.2) is 42.5 Å². The lowest BCUT2D eigenvalue weighted by Gasteiger charge is -2.05. The van der Waals surface area contributed by atoms with E-state index in [2.05, 4.69) is 48.6 Å². The second kappa shape index (κ2) is 3.44. The Labute approximate surface area is 104 Å². The third-order valence-corrected chi connectivity index (χ3v) is 4.75. The van der Waals surface area contributed by atoms with Crippen molar-refractivity contribution in [2.45, 2.75) is 12.8 Å². The van der Waals surface area contributed by atoms with Crippen molar-refractivity contribution >= 4 is 38.3 Å². The van der Waals surface area contributed by atoms with Gasteiger partial charge in [-0.05, 0) is 35.2 Å². The molecule has 0 fully saturated rings. The third kappa shape index (κ3) is 1.29. The fourth-order valence-corrected chi connectivity index (χ4v) is 3.94. The molecular weight excluding hydrogens is 224 g/mol. The summed E-state index contributed by atoms with van der Waals surface area (Å²) in [5.74, 6) is 0. The first-order valence-electron chi connectivity index (χ1n) is 6.03. The number of benzene rings is 2. The Morgan fingerprint density at radius 2 is 1.94 bits per heavy atom. The van der Waals surface area contributed by atoms with Crippen molar-refractivity contribution in [3.8, 4) is 0 Å². The topological polar surface area (TPSA) is 0 Å². The third-order valence-electron chi connectivity index (χ3n) is 3.52. The molecule has 0 aliphatic heterocycles. The van der Waals surface area contributed by atoms with Gasteiger partial charge in [-0.15, -0.1) is 11.3 Å². The SMILES string of the molecule is C1=Cc2c(sc3ccc4ccccc4c23)CC1. The Morgan fingerprint density at radius 3 is 2.94 bits per heavy atom. The highest BCUT2D eigenvalue weighted by atomic mass is 32.1. The quantitative estimate of drug-likeness (QED) is 0.514. The Hall–Kier alpha value is -1.60. The van der Waals surface area contributed by atoms with Crippen molar-refractivity contribution in [2.75, 3.05) is 0 Å². The molecule has 0 saturated carbocycles. The number of hydrogen-bond donors (Lipinski definition) is 0. The van der Waals surface area contributed by atoms with Gasteiger partial charge in [-0.3, -0.25) is 0 Å². The van der Waals surface area contributed by atoms with Crippen LogP contribution in [0.25, 0.3) is 26.9 Å². The van der Waals surface area contributed by atoms with Gasteiger partial charge in [0.25, 0.3) is 0 Å². The molecule has 4 rings (SSSR count). The van der Waals surface area contributed by atoms with E-state index in [1.54, 1.807) is 4.88 Å². The molecule has 3 aromatic rings. The zero-order valence-electron chi connectivity index (χ0n) is 9.44. The average molecular weight is 236 g/mol. The molecule has 1 aliphatic carbocycles. The Kier molecular flexibility index (Phi) is 1.91. The summed E-state index contributed by atoms with van der Waals surface area (Å²) >= 11 is 1.96. The molecule has 1 heterocycles. The number of allylic oxidation sites excluding steroid dienone is 1. The Bertz CT molecular complexity index is 747. The second-order valence-corrected chi connectivity index (χ2v) is 5.68. The van der Waals surface area contributed by atoms with Gasteiger partial charge in [0.05, 0.1) is 0 Å². The Balaban J connectivity index is 2.25. The van der Waals surface area contributed by atoms with Crippen LogP contribution in [0, 0.1) is 0 Å². The van der Waals surface area contributed by atoms with Gasteiger partial charge in [-0.2, -0.15) is 0 Å². The summed E-state index contributed by atoms with van der Waals surface area (Å²) in [6.45, 7) is 0. The predicted octanol–water partition coefficient (Wildman–Crippen LogP) is 5.01. The molecule has 0 amide bonds. The molecule has 1 aromatic heterocycles. The van der Waals surface area contributed by atoms with Gasteiger partial charge in [-0.25, -0.2) is 0 Å². The van der Waals surface area contributed by atoms with E-state index in [0.29, 0.717) is 0 Å². The van der Waals surface area contributed by atoms with E-state index in [0.717, 1.165) is 0 Å². The van der Waals surface area contributed by atoms with Crippen molar-refractivity contribution in [3.63, 3.8) is 0 Å². The maximum atomic E-state index is 2.31. The number of aryl methyl sites for hydroxylation is 1. The first-order chi connectivity index (χ1) is 8.43. The summed E-state index contributed by atoms with van der Waals surface area (Å²) in [4.78, 5) is 1.55. The molecular formula is C16H12S. The molecule has 0 saturated heterocycles. The first-order valence-corrected chi connectivity index (χ1v) is 6.85. The van der Waals surface area contributed by atoms with E-state index in [9.17, 15) is 0 Å². The lowest BCUT2D eigenvalue weighted by molar-refractivity contribution is 1.02. The van der Waals surface area contributed by atoms with Crippen LogP contribution >= 0.6 is 11.3 Å². The van der Waals surface area contributed by atoms with Crippen LogP contribution in [-0.2, 0) is 6.42 Å². The maximum Gasteiger partial charge on any atom is 0.0358 e. The minimum Gasteiger partial charge on any atom is -0.140 e. The summed E-state index contributed by atoms with van der Waals surface area (Å²) in [7, 11) is 0. The van der Waals surface area contributed by atoms with E-state index in [1.165, 1.54) is 39.3 Å². The molecule has 17 heavy (non-hydrogen) atoms. The fourth-order valence-electron chi connectivity index (χ4n) is 2.72. The van der Waals surface area contributed by atoms with E-state index in [-0.39, 0.29) is 0 Å². The highest BCUT2D eigenvalue weighted by Crippen LogP contribution is 2.39. The van der Waals surface area contributed by atoms with Crippen LogP contribution in [0.4, 0.5) is 0 Å². The largest absolute Gasteiger partial charge is 0.140 e. The standard InChI is InChI=1S/C16H12S/c1-2-6-12-11(5-1)9-10-15-16(12)13-7-3-4-8-14(13)17-15/h1-3,5-7,9-10H,4,8H2. The van der Waals surface area contributed by atoms with Crippen molar-refractivity contribution in [1.29, 1.82) is 0 Å². The molecule has 1 heteroatoms. The van der Waals surface area contributed by atoms with E-state index >= 15 is 0 Å². The molecule has 0 nitrogen and oxygen atoms in total. The normalized spacial score (nSPS) is 14.4. The molecule has 2 aromatic carbocycles. The van der Waals surface area contributed by atoms with Crippen LogP contribution < -0.4 is 0 Å². The first kappa shape index (κ1) is 9.43. The molecule has 0 atom stereocenters. The van der Waals surface area contributed by atoms with Crippen LogP contribution in [0.2, 0.25) is 0 Å². The van der Waals surface area contributed by atoms with Crippen molar-refractivity contribution < 1.29 is 0 Å². The number of rotatable bonds is 0. The molecule has 0 N–H and O–H groups in total. The van der Waals surface area contributed by atoms with Gasteiger partial charge in [0.2, 0.25) is 0 Å². The molecule has 0 spiro atoms. The summed E-state index contributed by atoms with van der Waals surface area (Å²) in [5.41, 5.74) is 1.47. The molecule has 1 aliphatic rings. The minimum absolute atomic E-state index is 1.19. The fraction of sp³-hybridized carbons (Fsp3) is 0.125. The lowest BCUT2D eigenvalue weighted by Crippen LogP contribution is -1.87. The second-order valence-electron chi connectivity index (χ2n) is 4.54. The van der Waals surface area contributed by atoms with Crippen molar-refractivity contribution in [1.82, 2.24) is 0 Å².